The van der Waals surface area contributed by atoms with Crippen LogP contribution in [0.15, 0.2) is 153 Å². The van der Waals surface area contributed by atoms with Crippen molar-refractivity contribution in [3.8, 4) is 0 Å². The summed E-state index contributed by atoms with van der Waals surface area (Å²) in [4.78, 5) is 8.16. The van der Waals surface area contributed by atoms with Crippen LogP contribution in [0.2, 0.25) is 0 Å². The van der Waals surface area contributed by atoms with Gasteiger partial charge in [0.2, 0.25) is 0 Å². The first-order valence-electron chi connectivity index (χ1n) is 15.5. The third-order valence-electron chi connectivity index (χ3n) is 7.06. The number of fused-ring (bicyclic) bond motifs is 3. The summed E-state index contributed by atoms with van der Waals surface area (Å²) in [5, 5.41) is 21.1. The normalized spacial score (nSPS) is 11.6. The van der Waals surface area contributed by atoms with Crippen LogP contribution < -0.4 is 0 Å². The Hall–Kier alpha value is -5.77. The Morgan fingerprint density at radius 2 is 0.931 bits per heavy atom. The molecule has 8 rings (SSSR count). The monoisotopic (exact) mass is 940 g/mol. The average Bonchev–Trinajstić information content (AvgIpc) is 4.02. The number of rotatable bonds is 4. The molecule has 0 aliphatic carbocycles. The van der Waals surface area contributed by atoms with Gasteiger partial charge in [0.1, 0.15) is 0 Å². The molecule has 8 aromatic rings. The number of halogens is 6. The summed E-state index contributed by atoms with van der Waals surface area (Å²) in [5.41, 5.74) is -10.3. The molecule has 16 nitrogen and oxygen atoms in total. The third-order valence-corrected chi connectivity index (χ3v) is 8.19. The van der Waals surface area contributed by atoms with E-state index in [4.69, 9.17) is 25.9 Å². The summed E-state index contributed by atoms with van der Waals surface area (Å²) < 4.78 is 125. The predicted octanol–water partition coefficient (Wildman–Crippen LogP) is 4.77. The van der Waals surface area contributed by atoms with Crippen LogP contribution in [0.1, 0.15) is 0 Å². The molecule has 6 aromatic heterocycles. The first-order chi connectivity index (χ1) is 26.9. The van der Waals surface area contributed by atoms with E-state index >= 15 is 0 Å². The standard InChI is InChI=1S/C13H8N.C12H12BN8.C5H5N.2CHF3O3S.Pd/c1-2-6-12-10(4-1)7-8-11-5-3-9-14-13(11)12;1-5-14-18(9-1)13(19-10-2-6-15-19,20-11-3-7-16-20)21-12-4-8-17-21;1-2-4-6-5-3-1;2*2-1(3,4)8(5,6)7;/h1-5,7-9H;1-12H;1-5H;2*(H,5,6,7);/q2*-1;;;;/p-2. The second kappa shape index (κ2) is 20.1. The van der Waals surface area contributed by atoms with Crippen LogP contribution in [0.4, 0.5) is 26.3 Å². The largest absolute Gasteiger partial charge is 0.741 e. The van der Waals surface area contributed by atoms with Crippen LogP contribution in [0, 0.1) is 6.07 Å². The summed E-state index contributed by atoms with van der Waals surface area (Å²) in [6.07, 6.45) is 19.8. The van der Waals surface area contributed by atoms with Gasteiger partial charge in [-0.25, -0.2) is 37.2 Å². The molecule has 0 atom stereocenters. The zero-order chi connectivity index (χ0) is 41.7. The maximum atomic E-state index is 10.7. The molecule has 6 heterocycles. The van der Waals surface area contributed by atoms with E-state index in [0.717, 1.165) is 10.9 Å². The van der Waals surface area contributed by atoms with Crippen molar-refractivity contribution >= 4 is 48.6 Å². The molecule has 26 heteroatoms. The molecule has 0 amide bonds. The molecule has 0 fully saturated rings. The summed E-state index contributed by atoms with van der Waals surface area (Å²) in [5.74, 6) is 0. The second-order valence-corrected chi connectivity index (χ2v) is 13.5. The fraction of sp³-hybridized carbons (Fsp3) is 0.0625. The van der Waals surface area contributed by atoms with Gasteiger partial charge in [-0.3, -0.25) is 4.98 Å². The van der Waals surface area contributed by atoms with E-state index in [-0.39, 0.29) is 20.4 Å². The Morgan fingerprint density at radius 1 is 0.534 bits per heavy atom. The number of aromatic nitrogens is 10. The van der Waals surface area contributed by atoms with Crippen LogP contribution in [0.25, 0.3) is 21.7 Å². The maximum Gasteiger partial charge on any atom is 0.485 e. The fourth-order valence-corrected chi connectivity index (χ4v) is 4.72. The molecular weight excluding hydrogens is 916 g/mol. The van der Waals surface area contributed by atoms with E-state index in [9.17, 15) is 26.3 Å². The third kappa shape index (κ3) is 11.9. The predicted molar refractivity (Wildman–Crippen MR) is 190 cm³/mol. The van der Waals surface area contributed by atoms with Gasteiger partial charge >= 0.3 is 17.7 Å². The SMILES string of the molecule is O=S(=O)([O-])C(F)(F)F.O=S(=O)([O-])C(F)(F)F.[Pd].[c-]1cccc2ccc3cccnc3c12.c1ccncc1.c1cnn([B-](n2cccn2)(n2cccn2)n2cccn2)c1. The summed E-state index contributed by atoms with van der Waals surface area (Å²) in [6.45, 7) is -1.83. The Labute approximate surface area is 338 Å². The molecule has 0 N–H and O–H groups in total. The van der Waals surface area contributed by atoms with Gasteiger partial charge < -0.3 is 32.5 Å². The molecule has 0 saturated heterocycles. The van der Waals surface area contributed by atoms with E-state index in [2.05, 4.69) is 60.7 Å². The van der Waals surface area contributed by atoms with Crippen molar-refractivity contribution in [2.45, 2.75) is 11.0 Å². The fourth-order valence-electron chi connectivity index (χ4n) is 4.72. The first-order valence-corrected chi connectivity index (χ1v) is 18.4. The van der Waals surface area contributed by atoms with Gasteiger partial charge in [0.05, 0.1) is 0 Å². The molecule has 0 unspecified atom stereocenters. The molecule has 0 aliphatic rings. The molecule has 0 saturated carbocycles. The number of benzene rings is 2. The molecule has 58 heavy (non-hydrogen) atoms. The Bertz CT molecular complexity index is 2360. The molecule has 310 valence electrons. The Morgan fingerprint density at radius 3 is 1.26 bits per heavy atom. The van der Waals surface area contributed by atoms with E-state index in [0.29, 0.717) is 0 Å². The van der Waals surface area contributed by atoms with Crippen LogP contribution in [0.3, 0.4) is 0 Å². The van der Waals surface area contributed by atoms with Crippen molar-refractivity contribution in [2.75, 3.05) is 0 Å². The van der Waals surface area contributed by atoms with Crippen molar-refractivity contribution in [3.63, 3.8) is 0 Å². The molecule has 2 aromatic carbocycles. The Kier molecular flexibility index (Phi) is 16.1. The second-order valence-electron chi connectivity index (χ2n) is 10.7. The minimum Gasteiger partial charge on any atom is -0.741 e. The minimum absolute atomic E-state index is 0. The van der Waals surface area contributed by atoms with Crippen LogP contribution in [-0.4, -0.2) is 92.4 Å². The van der Waals surface area contributed by atoms with E-state index in [1.807, 2.05) is 110 Å². The molecule has 0 bridgehead atoms. The van der Waals surface area contributed by atoms with Gasteiger partial charge in [-0.15, -0.1) is 35.0 Å². The maximum absolute atomic E-state index is 10.7. The van der Waals surface area contributed by atoms with Crippen LogP contribution >= 0.6 is 0 Å². The molecule has 0 radical (unpaired) electrons. The van der Waals surface area contributed by atoms with Crippen LogP contribution in [0.5, 0.6) is 0 Å². The van der Waals surface area contributed by atoms with Gasteiger partial charge in [-0.2, -0.15) is 26.3 Å². The van der Waals surface area contributed by atoms with Gasteiger partial charge in [-0.05, 0) is 78.2 Å². The summed E-state index contributed by atoms with van der Waals surface area (Å²) >= 11 is 0. The molecular formula is C32H25BF6N10O6PdS2-4. The zero-order valence-electron chi connectivity index (χ0n) is 28.8. The number of nitrogens with zero attached hydrogens (tertiary/aromatic N) is 10. The van der Waals surface area contributed by atoms with Gasteiger partial charge in [0.25, 0.3) is 0 Å². The number of hydrogen-bond donors (Lipinski definition) is 0. The van der Waals surface area contributed by atoms with E-state index in [1.54, 1.807) is 37.2 Å². The number of alkyl halides is 6. The van der Waals surface area contributed by atoms with Crippen molar-refractivity contribution < 1.29 is 72.7 Å². The van der Waals surface area contributed by atoms with Gasteiger partial charge in [0, 0.05) is 63.8 Å². The Balaban J connectivity index is 0.000000211. The van der Waals surface area contributed by atoms with Crippen LogP contribution in [-0.2, 0) is 40.7 Å². The topological polar surface area (TPSA) is 211 Å². The quantitative estimate of drug-likeness (QED) is 0.0584. The zero-order valence-corrected chi connectivity index (χ0v) is 32.0. The van der Waals surface area contributed by atoms with Crippen molar-refractivity contribution in [1.82, 2.24) is 48.7 Å². The van der Waals surface area contributed by atoms with E-state index in [1.165, 1.54) is 10.8 Å². The minimum atomic E-state index is -6.09. The average molecular weight is 941 g/mol. The number of hydrogen-bond acceptors (Lipinski definition) is 12. The van der Waals surface area contributed by atoms with E-state index < -0.39 is 37.9 Å². The van der Waals surface area contributed by atoms with Crippen molar-refractivity contribution in [2.24, 2.45) is 0 Å². The molecule has 0 spiro atoms. The van der Waals surface area contributed by atoms with Crippen molar-refractivity contribution in [3.05, 3.63) is 159 Å². The summed E-state index contributed by atoms with van der Waals surface area (Å²) in [7, 11) is -12.2. The first kappa shape index (κ1) is 46.6. The summed E-state index contributed by atoms with van der Waals surface area (Å²) in [6, 6.07) is 30.7. The van der Waals surface area contributed by atoms with Gasteiger partial charge in [0.15, 0.2) is 20.2 Å². The van der Waals surface area contributed by atoms with Crippen molar-refractivity contribution in [1.29, 1.82) is 0 Å². The molecule has 0 aliphatic heterocycles. The number of pyridine rings is 2. The smallest absolute Gasteiger partial charge is 0.485 e. The van der Waals surface area contributed by atoms with Gasteiger partial charge in [-0.1, -0.05) is 24.3 Å².